The smallest absolute Gasteiger partial charge is 0.315 e. The summed E-state index contributed by atoms with van der Waals surface area (Å²) in [6.07, 6.45) is 4.52. The van der Waals surface area contributed by atoms with E-state index in [2.05, 4.69) is 15.7 Å². The molecule has 1 aromatic heterocycles. The van der Waals surface area contributed by atoms with E-state index in [0.717, 1.165) is 18.5 Å². The molecule has 0 unspecified atom stereocenters. The van der Waals surface area contributed by atoms with Crippen molar-refractivity contribution in [3.8, 4) is 0 Å². The Morgan fingerprint density at radius 3 is 2.80 bits per heavy atom. The van der Waals surface area contributed by atoms with Crippen molar-refractivity contribution in [3.05, 3.63) is 54.4 Å². The van der Waals surface area contributed by atoms with Crippen LogP contribution in [0, 0.1) is 0 Å². The third kappa shape index (κ3) is 4.42. The fraction of sp³-hybridized carbons (Fsp3) is 0.333. The molecule has 0 aliphatic heterocycles. The monoisotopic (exact) mass is 272 g/mol. The number of carbonyl (C=O) groups is 1. The lowest BCUT2D eigenvalue weighted by Crippen LogP contribution is -2.37. The van der Waals surface area contributed by atoms with E-state index >= 15 is 0 Å². The minimum absolute atomic E-state index is 0.00214. The number of urea groups is 1. The van der Waals surface area contributed by atoms with E-state index in [9.17, 15) is 4.79 Å². The zero-order chi connectivity index (χ0) is 14.2. The molecule has 0 saturated heterocycles. The molecule has 106 valence electrons. The second-order valence-electron chi connectivity index (χ2n) is 4.66. The Bertz CT molecular complexity index is 510. The minimum Gasteiger partial charge on any atom is -0.338 e. The highest BCUT2D eigenvalue weighted by molar-refractivity contribution is 5.74. The lowest BCUT2D eigenvalue weighted by Gasteiger charge is -2.15. The first-order chi connectivity index (χ1) is 9.75. The normalized spacial score (nSPS) is 11.8. The van der Waals surface area contributed by atoms with Gasteiger partial charge in [-0.25, -0.2) is 4.79 Å². The summed E-state index contributed by atoms with van der Waals surface area (Å²) < 4.78 is 1.85. The van der Waals surface area contributed by atoms with Crippen LogP contribution in [0.25, 0.3) is 0 Å². The number of hydrogen-bond donors (Lipinski definition) is 2. The lowest BCUT2D eigenvalue weighted by atomic mass is 10.1. The molecule has 5 heteroatoms. The summed E-state index contributed by atoms with van der Waals surface area (Å²) in [5.41, 5.74) is 1.10. The summed E-state index contributed by atoms with van der Waals surface area (Å²) in [6.45, 7) is 3.41. The maximum atomic E-state index is 11.7. The minimum atomic E-state index is -0.137. The number of carbonyl (C=O) groups excluding carboxylic acids is 1. The van der Waals surface area contributed by atoms with Crippen LogP contribution in [0.2, 0.25) is 0 Å². The Kier molecular flexibility index (Phi) is 5.17. The lowest BCUT2D eigenvalue weighted by molar-refractivity contribution is 0.237. The van der Waals surface area contributed by atoms with Crippen molar-refractivity contribution in [1.29, 1.82) is 0 Å². The Morgan fingerprint density at radius 2 is 2.10 bits per heavy atom. The van der Waals surface area contributed by atoms with Crippen molar-refractivity contribution >= 4 is 6.03 Å². The fourth-order valence-corrected chi connectivity index (χ4v) is 1.95. The third-order valence-corrected chi connectivity index (χ3v) is 3.06. The second kappa shape index (κ2) is 7.33. The summed E-state index contributed by atoms with van der Waals surface area (Å²) in [5, 5.41) is 9.88. The molecule has 2 N–H and O–H groups in total. The molecule has 0 fully saturated rings. The van der Waals surface area contributed by atoms with E-state index in [1.165, 1.54) is 0 Å². The topological polar surface area (TPSA) is 59.0 Å². The molecule has 0 saturated carbocycles. The molecule has 2 aromatic rings. The molecule has 1 atom stereocenters. The third-order valence-electron chi connectivity index (χ3n) is 3.06. The quantitative estimate of drug-likeness (QED) is 0.793. The zero-order valence-electron chi connectivity index (χ0n) is 11.6. The van der Waals surface area contributed by atoms with E-state index in [4.69, 9.17) is 0 Å². The number of nitrogens with one attached hydrogen (secondary N) is 2. The zero-order valence-corrected chi connectivity index (χ0v) is 11.6. The van der Waals surface area contributed by atoms with Gasteiger partial charge < -0.3 is 10.6 Å². The molecule has 0 radical (unpaired) electrons. The molecular formula is C15H20N4O. The van der Waals surface area contributed by atoms with Gasteiger partial charge in [0.1, 0.15) is 0 Å². The van der Waals surface area contributed by atoms with E-state index in [0.29, 0.717) is 6.54 Å². The number of aromatic nitrogens is 2. The van der Waals surface area contributed by atoms with Crippen LogP contribution in [0.4, 0.5) is 4.79 Å². The van der Waals surface area contributed by atoms with Gasteiger partial charge in [0.15, 0.2) is 0 Å². The summed E-state index contributed by atoms with van der Waals surface area (Å²) in [5.74, 6) is 0. The van der Waals surface area contributed by atoms with Crippen molar-refractivity contribution in [1.82, 2.24) is 20.4 Å². The Labute approximate surface area is 119 Å². The van der Waals surface area contributed by atoms with Gasteiger partial charge in [0.05, 0.1) is 6.04 Å². The van der Waals surface area contributed by atoms with E-state index in [1.54, 1.807) is 6.20 Å². The Hall–Kier alpha value is -2.30. The predicted molar refractivity (Wildman–Crippen MR) is 78.2 cm³/mol. The molecular weight excluding hydrogens is 252 g/mol. The maximum Gasteiger partial charge on any atom is 0.315 e. The fourth-order valence-electron chi connectivity index (χ4n) is 1.95. The van der Waals surface area contributed by atoms with Crippen molar-refractivity contribution < 1.29 is 4.79 Å². The van der Waals surface area contributed by atoms with Crippen LogP contribution in [-0.4, -0.2) is 22.4 Å². The van der Waals surface area contributed by atoms with E-state index in [-0.39, 0.29) is 12.1 Å². The highest BCUT2D eigenvalue weighted by atomic mass is 16.2. The van der Waals surface area contributed by atoms with Gasteiger partial charge in [0, 0.05) is 25.5 Å². The van der Waals surface area contributed by atoms with Crippen LogP contribution < -0.4 is 10.6 Å². The molecule has 0 aliphatic carbocycles. The summed E-state index contributed by atoms with van der Waals surface area (Å²) in [4.78, 5) is 11.7. The number of rotatable bonds is 6. The van der Waals surface area contributed by atoms with Gasteiger partial charge in [0.2, 0.25) is 0 Å². The first-order valence-electron chi connectivity index (χ1n) is 6.82. The highest BCUT2D eigenvalue weighted by Crippen LogP contribution is 2.10. The Balaban J connectivity index is 1.65. The van der Waals surface area contributed by atoms with E-state index < -0.39 is 0 Å². The average Bonchev–Trinajstić information content (AvgIpc) is 2.98. The number of nitrogens with zero attached hydrogens (tertiary/aromatic N) is 2. The van der Waals surface area contributed by atoms with Gasteiger partial charge in [-0.1, -0.05) is 30.3 Å². The SMILES string of the molecule is C[C@@H](NC(=O)NCCCn1cccn1)c1ccccc1. The first-order valence-corrected chi connectivity index (χ1v) is 6.82. The van der Waals surface area contributed by atoms with Crippen LogP contribution >= 0.6 is 0 Å². The highest BCUT2D eigenvalue weighted by Gasteiger charge is 2.07. The van der Waals surface area contributed by atoms with Crippen molar-refractivity contribution in [2.75, 3.05) is 6.54 Å². The first kappa shape index (κ1) is 14.1. The summed E-state index contributed by atoms with van der Waals surface area (Å²) >= 11 is 0. The van der Waals surface area contributed by atoms with E-state index in [1.807, 2.05) is 54.2 Å². The molecule has 2 amide bonds. The second-order valence-corrected chi connectivity index (χ2v) is 4.66. The molecule has 0 aliphatic rings. The summed E-state index contributed by atoms with van der Waals surface area (Å²) in [7, 11) is 0. The molecule has 2 rings (SSSR count). The maximum absolute atomic E-state index is 11.7. The van der Waals surface area contributed by atoms with Crippen LogP contribution in [-0.2, 0) is 6.54 Å². The number of amides is 2. The van der Waals surface area contributed by atoms with Crippen molar-refractivity contribution in [2.45, 2.75) is 25.9 Å². The molecule has 5 nitrogen and oxygen atoms in total. The molecule has 0 spiro atoms. The van der Waals surface area contributed by atoms with Crippen LogP contribution in [0.3, 0.4) is 0 Å². The Morgan fingerprint density at radius 1 is 1.30 bits per heavy atom. The van der Waals surface area contributed by atoms with Gasteiger partial charge in [-0.15, -0.1) is 0 Å². The molecule has 1 heterocycles. The van der Waals surface area contributed by atoms with Crippen LogP contribution in [0.5, 0.6) is 0 Å². The number of aryl methyl sites for hydroxylation is 1. The van der Waals surface area contributed by atoms with Gasteiger partial charge >= 0.3 is 6.03 Å². The molecule has 1 aromatic carbocycles. The van der Waals surface area contributed by atoms with Crippen molar-refractivity contribution in [2.24, 2.45) is 0 Å². The molecule has 0 bridgehead atoms. The van der Waals surface area contributed by atoms with Crippen LogP contribution in [0.1, 0.15) is 24.9 Å². The van der Waals surface area contributed by atoms with Crippen molar-refractivity contribution in [3.63, 3.8) is 0 Å². The summed E-state index contributed by atoms with van der Waals surface area (Å²) in [6, 6.07) is 11.7. The van der Waals surface area contributed by atoms with Gasteiger partial charge in [0.25, 0.3) is 0 Å². The number of hydrogen-bond acceptors (Lipinski definition) is 2. The number of benzene rings is 1. The largest absolute Gasteiger partial charge is 0.338 e. The average molecular weight is 272 g/mol. The van der Waals surface area contributed by atoms with Gasteiger partial charge in [-0.05, 0) is 25.0 Å². The molecule has 20 heavy (non-hydrogen) atoms. The van der Waals surface area contributed by atoms with Gasteiger partial charge in [-0.3, -0.25) is 4.68 Å². The standard InChI is InChI=1S/C15H20N4O/c1-13(14-7-3-2-4-8-14)18-15(20)16-9-5-11-19-12-6-10-17-19/h2-4,6-8,10,12-13H,5,9,11H2,1H3,(H2,16,18,20)/t13-/m1/s1. The predicted octanol–water partition coefficient (Wildman–Crippen LogP) is 2.33. The van der Waals surface area contributed by atoms with Gasteiger partial charge in [-0.2, -0.15) is 5.10 Å². The van der Waals surface area contributed by atoms with Crippen LogP contribution in [0.15, 0.2) is 48.8 Å².